The SMILES string of the molecule is CCOc1cccc2nc(S(=O)(=O)Cl)oc12. The molecule has 0 saturated carbocycles. The van der Waals surface area contributed by atoms with Gasteiger partial charge in [0, 0.05) is 10.7 Å². The van der Waals surface area contributed by atoms with Gasteiger partial charge in [0.25, 0.3) is 0 Å². The minimum atomic E-state index is -3.96. The zero-order chi connectivity index (χ0) is 11.8. The van der Waals surface area contributed by atoms with Crippen molar-refractivity contribution >= 4 is 30.8 Å². The Bertz CT molecular complexity index is 619. The van der Waals surface area contributed by atoms with E-state index in [2.05, 4.69) is 4.98 Å². The molecule has 0 atom stereocenters. The van der Waals surface area contributed by atoms with Gasteiger partial charge >= 0.3 is 14.3 Å². The van der Waals surface area contributed by atoms with E-state index in [1.165, 1.54) is 0 Å². The second-order valence-electron chi connectivity index (χ2n) is 2.96. The van der Waals surface area contributed by atoms with Crippen LogP contribution in [0.1, 0.15) is 6.92 Å². The smallest absolute Gasteiger partial charge is 0.332 e. The molecule has 0 bridgehead atoms. The van der Waals surface area contributed by atoms with Crippen LogP contribution in [-0.2, 0) is 9.05 Å². The first-order valence-electron chi connectivity index (χ1n) is 4.49. The summed E-state index contributed by atoms with van der Waals surface area (Å²) in [4.78, 5) is 3.76. The highest BCUT2D eigenvalue weighted by molar-refractivity contribution is 8.13. The van der Waals surface area contributed by atoms with Crippen LogP contribution in [0.2, 0.25) is 0 Å². The van der Waals surface area contributed by atoms with Crippen molar-refractivity contribution in [2.75, 3.05) is 6.61 Å². The maximum atomic E-state index is 11.0. The van der Waals surface area contributed by atoms with Crippen molar-refractivity contribution in [1.29, 1.82) is 0 Å². The Morgan fingerprint density at radius 2 is 2.25 bits per heavy atom. The molecule has 0 aliphatic rings. The molecule has 0 radical (unpaired) electrons. The summed E-state index contributed by atoms with van der Waals surface area (Å²) in [6, 6.07) is 4.98. The fraction of sp³-hybridized carbons (Fsp3) is 0.222. The lowest BCUT2D eigenvalue weighted by Gasteiger charge is -2.00. The summed E-state index contributed by atoms with van der Waals surface area (Å²) in [7, 11) is 1.18. The van der Waals surface area contributed by atoms with Crippen LogP contribution in [-0.4, -0.2) is 20.0 Å². The molecule has 0 N–H and O–H groups in total. The van der Waals surface area contributed by atoms with E-state index < -0.39 is 14.3 Å². The molecule has 1 aromatic heterocycles. The van der Waals surface area contributed by atoms with E-state index >= 15 is 0 Å². The number of fused-ring (bicyclic) bond motifs is 1. The summed E-state index contributed by atoms with van der Waals surface area (Å²) in [5, 5.41) is -0.517. The van der Waals surface area contributed by atoms with Crippen LogP contribution >= 0.6 is 10.7 Å². The van der Waals surface area contributed by atoms with Crippen LogP contribution in [0.25, 0.3) is 11.1 Å². The van der Waals surface area contributed by atoms with Gasteiger partial charge in [-0.2, -0.15) is 4.98 Å². The minimum absolute atomic E-state index is 0.281. The number of ether oxygens (including phenoxy) is 1. The van der Waals surface area contributed by atoms with Gasteiger partial charge in [0.15, 0.2) is 11.3 Å². The van der Waals surface area contributed by atoms with E-state index in [1.54, 1.807) is 18.2 Å². The van der Waals surface area contributed by atoms with Gasteiger partial charge in [-0.15, -0.1) is 0 Å². The standard InChI is InChI=1S/C9H8ClNO4S/c1-2-14-7-5-3-4-6-8(7)15-9(11-6)16(10,12)13/h3-5H,2H2,1H3. The summed E-state index contributed by atoms with van der Waals surface area (Å²) >= 11 is 0. The normalized spacial score (nSPS) is 11.9. The molecular formula is C9H8ClNO4S. The van der Waals surface area contributed by atoms with Gasteiger partial charge in [-0.05, 0) is 19.1 Å². The molecule has 0 unspecified atom stereocenters. The fourth-order valence-corrected chi connectivity index (χ4v) is 1.87. The summed E-state index contributed by atoms with van der Waals surface area (Å²) in [5.74, 6) is 0.444. The van der Waals surface area contributed by atoms with E-state index in [0.29, 0.717) is 17.9 Å². The Morgan fingerprint density at radius 3 is 2.88 bits per heavy atom. The van der Waals surface area contributed by atoms with Gasteiger partial charge in [0.05, 0.1) is 6.61 Å². The fourth-order valence-electron chi connectivity index (χ4n) is 1.28. The third-order valence-electron chi connectivity index (χ3n) is 1.87. The van der Waals surface area contributed by atoms with Gasteiger partial charge in [-0.3, -0.25) is 0 Å². The quantitative estimate of drug-likeness (QED) is 0.792. The van der Waals surface area contributed by atoms with E-state index in [1.807, 2.05) is 6.92 Å². The van der Waals surface area contributed by atoms with E-state index in [0.717, 1.165) is 0 Å². The highest BCUT2D eigenvalue weighted by atomic mass is 35.7. The van der Waals surface area contributed by atoms with Crippen molar-refractivity contribution in [3.8, 4) is 5.75 Å². The lowest BCUT2D eigenvalue weighted by molar-refractivity contribution is 0.335. The van der Waals surface area contributed by atoms with Crippen molar-refractivity contribution in [3.05, 3.63) is 18.2 Å². The van der Waals surface area contributed by atoms with E-state index in [9.17, 15) is 8.42 Å². The monoisotopic (exact) mass is 261 g/mol. The Morgan fingerprint density at radius 1 is 1.50 bits per heavy atom. The van der Waals surface area contributed by atoms with Crippen LogP contribution in [0.4, 0.5) is 0 Å². The van der Waals surface area contributed by atoms with E-state index in [4.69, 9.17) is 19.8 Å². The highest BCUT2D eigenvalue weighted by Crippen LogP contribution is 2.28. The van der Waals surface area contributed by atoms with Gasteiger partial charge in [-0.1, -0.05) is 6.07 Å². The molecule has 5 nitrogen and oxygen atoms in total. The number of oxazole rings is 1. The zero-order valence-electron chi connectivity index (χ0n) is 8.31. The number of aromatic nitrogens is 1. The molecular weight excluding hydrogens is 254 g/mol. The molecule has 2 aromatic rings. The number of hydrogen-bond acceptors (Lipinski definition) is 5. The van der Waals surface area contributed by atoms with E-state index in [-0.39, 0.29) is 5.58 Å². The lowest BCUT2D eigenvalue weighted by Crippen LogP contribution is -1.90. The van der Waals surface area contributed by atoms with Gasteiger partial charge in [0.2, 0.25) is 0 Å². The van der Waals surface area contributed by atoms with Crippen molar-refractivity contribution in [1.82, 2.24) is 4.98 Å². The predicted octanol–water partition coefficient (Wildman–Crippen LogP) is 2.15. The van der Waals surface area contributed by atoms with Gasteiger partial charge in [-0.25, -0.2) is 8.42 Å². The third-order valence-corrected chi connectivity index (χ3v) is 2.86. The predicted molar refractivity (Wildman–Crippen MR) is 58.2 cm³/mol. The molecule has 0 saturated heterocycles. The zero-order valence-corrected chi connectivity index (χ0v) is 9.88. The Hall–Kier alpha value is -1.27. The molecule has 0 fully saturated rings. The number of para-hydroxylation sites is 1. The molecule has 0 spiro atoms. The van der Waals surface area contributed by atoms with Crippen molar-refractivity contribution in [2.45, 2.75) is 12.1 Å². The molecule has 0 aliphatic heterocycles. The van der Waals surface area contributed by atoms with Crippen LogP contribution in [0.15, 0.2) is 27.8 Å². The molecule has 0 aliphatic carbocycles. The summed E-state index contributed by atoms with van der Waals surface area (Å²) in [6.45, 7) is 2.26. The van der Waals surface area contributed by atoms with Crippen LogP contribution in [0, 0.1) is 0 Å². The number of nitrogens with zero attached hydrogens (tertiary/aromatic N) is 1. The number of rotatable bonds is 3. The second kappa shape index (κ2) is 3.95. The van der Waals surface area contributed by atoms with Crippen LogP contribution in [0.5, 0.6) is 5.75 Å². The Kier molecular flexibility index (Phi) is 2.77. The maximum Gasteiger partial charge on any atom is 0.332 e. The molecule has 1 aromatic carbocycles. The first kappa shape index (κ1) is 11.2. The average Bonchev–Trinajstić information content (AvgIpc) is 2.62. The number of halogens is 1. The van der Waals surface area contributed by atoms with Gasteiger partial charge in [0.1, 0.15) is 5.52 Å². The Labute approximate surface area is 96.4 Å². The van der Waals surface area contributed by atoms with Crippen molar-refractivity contribution < 1.29 is 17.6 Å². The minimum Gasteiger partial charge on any atom is -0.490 e. The summed E-state index contributed by atoms with van der Waals surface area (Å²) < 4.78 is 32.4. The first-order chi connectivity index (χ1) is 7.52. The second-order valence-corrected chi connectivity index (χ2v) is 5.40. The largest absolute Gasteiger partial charge is 0.490 e. The van der Waals surface area contributed by atoms with Crippen LogP contribution < -0.4 is 4.74 Å². The van der Waals surface area contributed by atoms with Crippen molar-refractivity contribution in [3.63, 3.8) is 0 Å². The summed E-state index contributed by atoms with van der Waals surface area (Å²) in [5.41, 5.74) is 0.675. The maximum absolute atomic E-state index is 11.0. The molecule has 0 amide bonds. The molecule has 7 heteroatoms. The number of benzene rings is 1. The third kappa shape index (κ3) is 1.98. The molecule has 2 rings (SSSR count). The molecule has 1 heterocycles. The van der Waals surface area contributed by atoms with Crippen molar-refractivity contribution in [2.24, 2.45) is 0 Å². The number of hydrogen-bond donors (Lipinski definition) is 0. The lowest BCUT2D eigenvalue weighted by atomic mass is 10.3. The average molecular weight is 262 g/mol. The first-order valence-corrected chi connectivity index (χ1v) is 6.80. The topological polar surface area (TPSA) is 69.4 Å². The van der Waals surface area contributed by atoms with Gasteiger partial charge < -0.3 is 9.15 Å². The molecule has 86 valence electrons. The molecule has 16 heavy (non-hydrogen) atoms. The van der Waals surface area contributed by atoms with Crippen LogP contribution in [0.3, 0.4) is 0 Å². The Balaban J connectivity index is 2.66. The summed E-state index contributed by atoms with van der Waals surface area (Å²) in [6.07, 6.45) is 0. The highest BCUT2D eigenvalue weighted by Gasteiger charge is 2.20.